The number of rotatable bonds is 11. The third-order valence-electron chi connectivity index (χ3n) is 7.33. The quantitative estimate of drug-likeness (QED) is 0.148. The van der Waals surface area contributed by atoms with Crippen LogP contribution in [0.2, 0.25) is 25.7 Å². The van der Waals surface area contributed by atoms with Crippen LogP contribution in [0.15, 0.2) is 39.2 Å². The normalized spacial score (nSPS) is 13.4. The first kappa shape index (κ1) is 31.2. The smallest absolute Gasteiger partial charge is 0.339 e. The molecular weight excluding hydrogens is 556 g/mol. The Kier molecular flexibility index (Phi) is 9.39. The van der Waals surface area contributed by atoms with Crippen LogP contribution in [0.5, 0.6) is 11.5 Å². The number of benzene rings is 2. The highest BCUT2D eigenvalue weighted by molar-refractivity contribution is 6.76. The molecule has 0 fully saturated rings. The van der Waals surface area contributed by atoms with Gasteiger partial charge in [0.15, 0.2) is 30.9 Å². The van der Waals surface area contributed by atoms with E-state index in [0.717, 1.165) is 17.2 Å². The number of Topliss-reactive ketones (excluding diaryl/α,β-unsaturated/α-hetero) is 1. The molecule has 9 nitrogen and oxygen atoms in total. The zero-order valence-corrected chi connectivity index (χ0v) is 26.5. The number of aryl methyl sites for hydroxylation is 1. The molecule has 0 atom stereocenters. The number of methoxy groups -OCH3 is 2. The van der Waals surface area contributed by atoms with E-state index in [1.165, 1.54) is 20.5 Å². The molecule has 0 bridgehead atoms. The van der Waals surface area contributed by atoms with Gasteiger partial charge in [-0.3, -0.25) is 9.59 Å². The van der Waals surface area contributed by atoms with Gasteiger partial charge in [0.1, 0.15) is 11.8 Å². The predicted octanol–water partition coefficient (Wildman–Crippen LogP) is 6.08. The lowest BCUT2D eigenvalue weighted by Gasteiger charge is -2.22. The summed E-state index contributed by atoms with van der Waals surface area (Å²) in [6.07, 6.45) is 1.69. The number of ketones is 1. The number of ether oxygens (including phenoxy) is 5. The highest BCUT2D eigenvalue weighted by Gasteiger charge is 2.31. The molecule has 1 aliphatic rings. The van der Waals surface area contributed by atoms with Gasteiger partial charge in [0.25, 0.3) is 0 Å². The van der Waals surface area contributed by atoms with Crippen molar-refractivity contribution in [3.05, 3.63) is 73.6 Å². The van der Waals surface area contributed by atoms with Crippen LogP contribution in [-0.4, -0.2) is 54.2 Å². The number of fused-ring (bicyclic) bond motifs is 2. The second-order valence-corrected chi connectivity index (χ2v) is 17.3. The number of esters is 1. The fraction of sp³-hybridized carbons (Fsp3) is 0.406. The van der Waals surface area contributed by atoms with E-state index in [-0.39, 0.29) is 53.6 Å². The molecule has 1 aromatic heterocycles. The first-order valence-corrected chi connectivity index (χ1v) is 17.5. The van der Waals surface area contributed by atoms with E-state index in [2.05, 4.69) is 19.6 Å². The van der Waals surface area contributed by atoms with Crippen molar-refractivity contribution in [1.82, 2.24) is 0 Å². The third kappa shape index (κ3) is 6.35. The summed E-state index contributed by atoms with van der Waals surface area (Å²) in [4.78, 5) is 41.4. The number of hydrogen-bond donors (Lipinski definition) is 0. The molecule has 42 heavy (non-hydrogen) atoms. The summed E-state index contributed by atoms with van der Waals surface area (Å²) < 4.78 is 33.0. The van der Waals surface area contributed by atoms with Crippen molar-refractivity contribution in [3.63, 3.8) is 0 Å². The minimum absolute atomic E-state index is 0.00388. The SMILES string of the molecule is COCOc1cc2c(cc1OCOC)C(=O)C(c1coc3cc(C)c(C)c(C(=O)OCC[Si](C)(C)C)c3c1=O)=C(C)C2. The molecule has 0 aliphatic heterocycles. The molecule has 0 saturated carbocycles. The van der Waals surface area contributed by atoms with Gasteiger partial charge in [-0.05, 0) is 68.1 Å². The van der Waals surface area contributed by atoms with Crippen LogP contribution in [0.25, 0.3) is 16.5 Å². The first-order chi connectivity index (χ1) is 19.9. The molecule has 0 saturated heterocycles. The summed E-state index contributed by atoms with van der Waals surface area (Å²) in [6.45, 7) is 12.3. The summed E-state index contributed by atoms with van der Waals surface area (Å²) in [7, 11) is 1.55. The molecule has 0 amide bonds. The molecule has 2 aromatic carbocycles. The van der Waals surface area contributed by atoms with Crippen molar-refractivity contribution in [2.75, 3.05) is 34.4 Å². The lowest BCUT2D eigenvalue weighted by atomic mass is 9.82. The molecule has 1 aliphatic carbocycles. The Hall–Kier alpha value is -3.73. The van der Waals surface area contributed by atoms with E-state index in [4.69, 9.17) is 28.1 Å². The number of allylic oxidation sites excluding steroid dienone is 2. The largest absolute Gasteiger partial charge is 0.464 e. The molecular formula is C32H38O9Si. The summed E-state index contributed by atoms with van der Waals surface area (Å²) in [5.74, 6) is -0.215. The standard InChI is InChI=1S/C32H38O9Si/c1-18-12-26-29(28(20(18)3)32(35)38-9-10-42(6,7)8)31(34)23(15-39-26)27-19(2)11-21-13-24(40-16-36-4)25(41-17-37-5)14-22(21)30(27)33/h12-15H,9-11,16-17H2,1-8H3. The second kappa shape index (κ2) is 12.6. The molecule has 10 heteroatoms. The summed E-state index contributed by atoms with van der Waals surface area (Å²) in [5, 5.41) is 0.111. The number of hydrogen-bond acceptors (Lipinski definition) is 9. The Labute approximate surface area is 246 Å². The van der Waals surface area contributed by atoms with Gasteiger partial charge in [0.05, 0.1) is 23.1 Å². The average Bonchev–Trinajstić information content (AvgIpc) is 2.92. The van der Waals surface area contributed by atoms with Gasteiger partial charge >= 0.3 is 5.97 Å². The highest BCUT2D eigenvalue weighted by Crippen LogP contribution is 2.39. The Morgan fingerprint density at radius 3 is 2.19 bits per heavy atom. The van der Waals surface area contributed by atoms with Gasteiger partial charge in [-0.15, -0.1) is 0 Å². The Morgan fingerprint density at radius 2 is 1.57 bits per heavy atom. The fourth-order valence-electron chi connectivity index (χ4n) is 4.95. The van der Waals surface area contributed by atoms with E-state index in [0.29, 0.717) is 34.6 Å². The average molecular weight is 595 g/mol. The Morgan fingerprint density at radius 1 is 0.929 bits per heavy atom. The van der Waals surface area contributed by atoms with Crippen molar-refractivity contribution in [1.29, 1.82) is 0 Å². The van der Waals surface area contributed by atoms with Gasteiger partial charge in [-0.1, -0.05) is 25.2 Å². The van der Waals surface area contributed by atoms with Crippen LogP contribution in [0.3, 0.4) is 0 Å². The first-order valence-electron chi connectivity index (χ1n) is 13.8. The molecule has 0 spiro atoms. The molecule has 4 rings (SSSR count). The summed E-state index contributed by atoms with van der Waals surface area (Å²) in [6, 6.07) is 5.86. The van der Waals surface area contributed by atoms with Crippen LogP contribution in [-0.2, 0) is 20.6 Å². The van der Waals surface area contributed by atoms with Gasteiger partial charge in [0.2, 0.25) is 5.43 Å². The van der Waals surface area contributed by atoms with E-state index in [1.54, 1.807) is 32.0 Å². The van der Waals surface area contributed by atoms with E-state index in [1.807, 2.05) is 6.92 Å². The number of carbonyl (C=O) groups is 2. The van der Waals surface area contributed by atoms with Crippen molar-refractivity contribution < 1.29 is 37.7 Å². The van der Waals surface area contributed by atoms with Gasteiger partial charge in [0, 0.05) is 33.4 Å². The molecule has 1 heterocycles. The van der Waals surface area contributed by atoms with Crippen LogP contribution >= 0.6 is 0 Å². The van der Waals surface area contributed by atoms with E-state index < -0.39 is 19.5 Å². The maximum atomic E-state index is 14.1. The van der Waals surface area contributed by atoms with Gasteiger partial charge in [-0.25, -0.2) is 4.79 Å². The highest BCUT2D eigenvalue weighted by atomic mass is 28.3. The van der Waals surface area contributed by atoms with Crippen molar-refractivity contribution in [2.24, 2.45) is 0 Å². The molecule has 0 radical (unpaired) electrons. The van der Waals surface area contributed by atoms with E-state index >= 15 is 0 Å². The minimum atomic E-state index is -1.44. The van der Waals surface area contributed by atoms with Crippen LogP contribution in [0.4, 0.5) is 0 Å². The summed E-state index contributed by atoms with van der Waals surface area (Å²) in [5.41, 5.74) is 3.52. The summed E-state index contributed by atoms with van der Waals surface area (Å²) >= 11 is 0. The Balaban J connectivity index is 1.82. The molecule has 224 valence electrons. The van der Waals surface area contributed by atoms with Crippen molar-refractivity contribution in [2.45, 2.75) is 52.9 Å². The lowest BCUT2D eigenvalue weighted by Crippen LogP contribution is -2.24. The second-order valence-electron chi connectivity index (χ2n) is 11.7. The Bertz CT molecular complexity index is 1630. The van der Waals surface area contributed by atoms with E-state index in [9.17, 15) is 14.4 Å². The van der Waals surface area contributed by atoms with Crippen molar-refractivity contribution >= 4 is 36.4 Å². The zero-order valence-electron chi connectivity index (χ0n) is 25.5. The van der Waals surface area contributed by atoms with Crippen molar-refractivity contribution in [3.8, 4) is 11.5 Å². The zero-order chi connectivity index (χ0) is 30.8. The molecule has 0 N–H and O–H groups in total. The van der Waals surface area contributed by atoms with Crippen LogP contribution in [0.1, 0.15) is 49.9 Å². The van der Waals surface area contributed by atoms with Crippen LogP contribution < -0.4 is 14.9 Å². The fourth-order valence-corrected chi connectivity index (χ4v) is 5.66. The monoisotopic (exact) mass is 594 g/mol. The minimum Gasteiger partial charge on any atom is -0.464 e. The lowest BCUT2D eigenvalue weighted by molar-refractivity contribution is 0.0321. The molecule has 0 unspecified atom stereocenters. The van der Waals surface area contributed by atoms with Gasteiger partial charge in [-0.2, -0.15) is 0 Å². The number of carbonyl (C=O) groups excluding carboxylic acids is 2. The topological polar surface area (TPSA) is 110 Å². The maximum absolute atomic E-state index is 14.1. The molecule has 3 aromatic rings. The van der Waals surface area contributed by atoms with Gasteiger partial charge < -0.3 is 28.1 Å². The third-order valence-corrected chi connectivity index (χ3v) is 9.04. The maximum Gasteiger partial charge on any atom is 0.339 e. The predicted molar refractivity (Wildman–Crippen MR) is 162 cm³/mol. The van der Waals surface area contributed by atoms with Crippen LogP contribution in [0, 0.1) is 13.8 Å².